The lowest BCUT2D eigenvalue weighted by molar-refractivity contribution is -0.384. The van der Waals surface area contributed by atoms with Gasteiger partial charge in [0, 0.05) is 12.1 Å². The zero-order chi connectivity index (χ0) is 18.4. The minimum atomic E-state index is -3.95. The first-order valence-electron chi connectivity index (χ1n) is 7.08. The third-order valence-corrected chi connectivity index (χ3v) is 4.27. The molecule has 25 heavy (non-hydrogen) atoms. The van der Waals surface area contributed by atoms with Crippen LogP contribution in [0.25, 0.3) is 0 Å². The van der Waals surface area contributed by atoms with Crippen molar-refractivity contribution >= 4 is 21.9 Å². The van der Waals surface area contributed by atoms with E-state index in [1.165, 1.54) is 24.4 Å². The van der Waals surface area contributed by atoms with Crippen LogP contribution in [0, 0.1) is 10.1 Å². The van der Waals surface area contributed by atoms with Crippen molar-refractivity contribution in [3.63, 3.8) is 0 Å². The molecule has 9 nitrogen and oxygen atoms in total. The highest BCUT2D eigenvalue weighted by molar-refractivity contribution is 7.89. The highest BCUT2D eigenvalue weighted by Gasteiger charge is 2.14. The number of benzene rings is 2. The van der Waals surface area contributed by atoms with Gasteiger partial charge in [0.2, 0.25) is 0 Å². The van der Waals surface area contributed by atoms with Crippen LogP contribution in [0.15, 0.2) is 52.5 Å². The summed E-state index contributed by atoms with van der Waals surface area (Å²) in [6.07, 6.45) is 1.24. The molecule has 0 saturated carbocycles. The Hall–Kier alpha value is -3.14. The van der Waals surface area contributed by atoms with Crippen molar-refractivity contribution in [3.8, 4) is 11.5 Å². The maximum atomic E-state index is 12.1. The van der Waals surface area contributed by atoms with Crippen LogP contribution in [-0.4, -0.2) is 31.3 Å². The molecule has 2 aromatic rings. The van der Waals surface area contributed by atoms with E-state index in [-0.39, 0.29) is 22.1 Å². The van der Waals surface area contributed by atoms with Crippen molar-refractivity contribution in [2.75, 3.05) is 6.61 Å². The average molecular weight is 365 g/mol. The Morgan fingerprint density at radius 3 is 2.56 bits per heavy atom. The molecule has 0 spiro atoms. The summed E-state index contributed by atoms with van der Waals surface area (Å²) in [7, 11) is -3.95. The summed E-state index contributed by atoms with van der Waals surface area (Å²) in [5.41, 5.74) is 0.294. The summed E-state index contributed by atoms with van der Waals surface area (Å²) in [5.74, 6) is 0.218. The van der Waals surface area contributed by atoms with E-state index in [1.807, 2.05) is 4.83 Å². The Bertz CT molecular complexity index is 894. The SMILES string of the molecule is CCOc1cc(C=NNS(=O)(=O)c2ccc([N+](=O)[O-])cc2)ccc1O. The highest BCUT2D eigenvalue weighted by Crippen LogP contribution is 2.26. The van der Waals surface area contributed by atoms with Crippen molar-refractivity contribution in [2.45, 2.75) is 11.8 Å². The fourth-order valence-corrected chi connectivity index (χ4v) is 2.64. The number of hydrazone groups is 1. The molecule has 0 fully saturated rings. The van der Waals surface area contributed by atoms with Gasteiger partial charge in [-0.2, -0.15) is 13.5 Å². The van der Waals surface area contributed by atoms with E-state index in [0.717, 1.165) is 24.3 Å². The first kappa shape index (κ1) is 18.2. The van der Waals surface area contributed by atoms with Crippen LogP contribution in [-0.2, 0) is 10.0 Å². The second-order valence-electron chi connectivity index (χ2n) is 4.76. The van der Waals surface area contributed by atoms with Crippen molar-refractivity contribution in [1.82, 2.24) is 4.83 Å². The molecule has 10 heteroatoms. The Balaban J connectivity index is 2.12. The average Bonchev–Trinajstić information content (AvgIpc) is 2.58. The maximum Gasteiger partial charge on any atom is 0.276 e. The van der Waals surface area contributed by atoms with Crippen molar-refractivity contribution < 1.29 is 23.2 Å². The minimum Gasteiger partial charge on any atom is -0.504 e. The number of nitrogens with zero attached hydrogens (tertiary/aromatic N) is 2. The van der Waals surface area contributed by atoms with Crippen LogP contribution in [0.1, 0.15) is 12.5 Å². The third kappa shape index (κ3) is 4.67. The van der Waals surface area contributed by atoms with Gasteiger partial charge in [-0.15, -0.1) is 0 Å². The molecule has 0 radical (unpaired) electrons. The number of sulfonamides is 1. The molecule has 0 aromatic heterocycles. The number of non-ortho nitro benzene ring substituents is 1. The normalized spacial score (nSPS) is 11.4. The lowest BCUT2D eigenvalue weighted by atomic mass is 10.2. The fourth-order valence-electron chi connectivity index (χ4n) is 1.85. The molecule has 0 bridgehead atoms. The van der Waals surface area contributed by atoms with Gasteiger partial charge in [-0.1, -0.05) is 0 Å². The molecule has 0 unspecified atom stereocenters. The van der Waals surface area contributed by atoms with Gasteiger partial charge in [-0.05, 0) is 42.8 Å². The summed E-state index contributed by atoms with van der Waals surface area (Å²) >= 11 is 0. The molecular weight excluding hydrogens is 350 g/mol. The summed E-state index contributed by atoms with van der Waals surface area (Å²) in [6, 6.07) is 8.84. The lowest BCUT2D eigenvalue weighted by Gasteiger charge is -2.06. The predicted octanol–water partition coefficient (Wildman–Crippen LogP) is 2.01. The van der Waals surface area contributed by atoms with Gasteiger partial charge in [0.05, 0.1) is 22.6 Å². The van der Waals surface area contributed by atoms with Crippen LogP contribution in [0.3, 0.4) is 0 Å². The number of ether oxygens (including phenoxy) is 1. The molecule has 132 valence electrons. The monoisotopic (exact) mass is 365 g/mol. The molecule has 2 N–H and O–H groups in total. The van der Waals surface area contributed by atoms with Crippen LogP contribution >= 0.6 is 0 Å². The molecule has 0 heterocycles. The van der Waals surface area contributed by atoms with E-state index < -0.39 is 14.9 Å². The number of nitrogens with one attached hydrogen (secondary N) is 1. The summed E-state index contributed by atoms with van der Waals surface area (Å²) in [4.78, 5) is 11.8. The minimum absolute atomic E-state index is 0.0366. The molecule has 0 aliphatic heterocycles. The van der Waals surface area contributed by atoms with E-state index in [4.69, 9.17) is 4.74 Å². The largest absolute Gasteiger partial charge is 0.504 e. The zero-order valence-electron chi connectivity index (χ0n) is 13.1. The Morgan fingerprint density at radius 2 is 1.96 bits per heavy atom. The number of nitro groups is 1. The third-order valence-electron chi connectivity index (χ3n) is 3.03. The molecule has 0 aliphatic carbocycles. The second-order valence-corrected chi connectivity index (χ2v) is 6.42. The zero-order valence-corrected chi connectivity index (χ0v) is 13.9. The molecule has 0 saturated heterocycles. The number of nitro benzene ring substituents is 1. The molecule has 2 rings (SSSR count). The molecule has 0 amide bonds. The number of hydrogen-bond acceptors (Lipinski definition) is 7. The smallest absolute Gasteiger partial charge is 0.276 e. The van der Waals surface area contributed by atoms with Gasteiger partial charge in [0.1, 0.15) is 0 Å². The summed E-state index contributed by atoms with van der Waals surface area (Å²) in [5, 5.41) is 23.8. The van der Waals surface area contributed by atoms with Gasteiger partial charge in [-0.25, -0.2) is 4.83 Å². The maximum absolute atomic E-state index is 12.1. The van der Waals surface area contributed by atoms with E-state index in [2.05, 4.69) is 5.10 Å². The van der Waals surface area contributed by atoms with Crippen molar-refractivity contribution in [1.29, 1.82) is 0 Å². The van der Waals surface area contributed by atoms with E-state index in [9.17, 15) is 23.6 Å². The van der Waals surface area contributed by atoms with Crippen LogP contribution in [0.4, 0.5) is 5.69 Å². The van der Waals surface area contributed by atoms with Gasteiger partial charge < -0.3 is 9.84 Å². The Labute approximate surface area is 143 Å². The topological polar surface area (TPSA) is 131 Å². The summed E-state index contributed by atoms with van der Waals surface area (Å²) in [6.45, 7) is 2.12. The molecule has 0 atom stereocenters. The van der Waals surface area contributed by atoms with Crippen LogP contribution in [0.5, 0.6) is 11.5 Å². The number of hydrogen-bond donors (Lipinski definition) is 2. The van der Waals surface area contributed by atoms with Gasteiger partial charge in [-0.3, -0.25) is 10.1 Å². The summed E-state index contributed by atoms with van der Waals surface area (Å²) < 4.78 is 29.4. The predicted molar refractivity (Wildman–Crippen MR) is 90.3 cm³/mol. The van der Waals surface area contributed by atoms with Crippen LogP contribution in [0.2, 0.25) is 0 Å². The van der Waals surface area contributed by atoms with Gasteiger partial charge in [0.15, 0.2) is 11.5 Å². The number of rotatable bonds is 7. The molecule has 2 aromatic carbocycles. The Kier molecular flexibility index (Phi) is 5.55. The van der Waals surface area contributed by atoms with E-state index >= 15 is 0 Å². The Morgan fingerprint density at radius 1 is 1.28 bits per heavy atom. The number of aromatic hydroxyl groups is 1. The number of phenols is 1. The van der Waals surface area contributed by atoms with Crippen molar-refractivity contribution in [2.24, 2.45) is 5.10 Å². The standard InChI is InChI=1S/C15H15N3O6S/c1-2-24-15-9-11(3-8-14(15)19)10-16-17-25(22,23)13-6-4-12(5-7-13)18(20)21/h3-10,17,19H,2H2,1H3. The quantitative estimate of drug-likeness (QED) is 0.438. The molecule has 0 aliphatic rings. The van der Waals surface area contributed by atoms with Crippen molar-refractivity contribution in [3.05, 3.63) is 58.1 Å². The first-order chi connectivity index (χ1) is 11.8. The highest BCUT2D eigenvalue weighted by atomic mass is 32.2. The second kappa shape index (κ2) is 7.62. The van der Waals surface area contributed by atoms with E-state index in [0.29, 0.717) is 12.2 Å². The van der Waals surface area contributed by atoms with E-state index in [1.54, 1.807) is 6.92 Å². The number of phenolic OH excluding ortho intramolecular Hbond substituents is 1. The first-order valence-corrected chi connectivity index (χ1v) is 8.57. The van der Waals surface area contributed by atoms with Crippen LogP contribution < -0.4 is 9.57 Å². The van der Waals surface area contributed by atoms with Gasteiger partial charge >= 0.3 is 0 Å². The fraction of sp³-hybridized carbons (Fsp3) is 0.133. The molecular formula is C15H15N3O6S. The van der Waals surface area contributed by atoms with Gasteiger partial charge in [0.25, 0.3) is 15.7 Å². The lowest BCUT2D eigenvalue weighted by Crippen LogP contribution is -2.18.